The van der Waals surface area contributed by atoms with Crippen molar-refractivity contribution in [2.24, 2.45) is 0 Å². The number of para-hydroxylation sites is 1. The summed E-state index contributed by atoms with van der Waals surface area (Å²) in [5.74, 6) is 1.12. The van der Waals surface area contributed by atoms with Crippen molar-refractivity contribution in [1.29, 1.82) is 0 Å². The third-order valence-corrected chi connectivity index (χ3v) is 5.34. The van der Waals surface area contributed by atoms with E-state index in [2.05, 4.69) is 5.32 Å². The van der Waals surface area contributed by atoms with Gasteiger partial charge < -0.3 is 14.8 Å². The molecule has 0 bridgehead atoms. The summed E-state index contributed by atoms with van der Waals surface area (Å²) in [4.78, 5) is 14.9. The molecule has 29 heavy (non-hydrogen) atoms. The van der Waals surface area contributed by atoms with Crippen LogP contribution in [0.1, 0.15) is 12.5 Å². The van der Waals surface area contributed by atoms with E-state index in [4.69, 9.17) is 9.47 Å². The van der Waals surface area contributed by atoms with E-state index in [1.54, 1.807) is 32.9 Å². The molecular formula is C24H23NO3S. The van der Waals surface area contributed by atoms with Crippen molar-refractivity contribution in [3.8, 4) is 11.5 Å². The van der Waals surface area contributed by atoms with Gasteiger partial charge in [0.25, 0.3) is 5.91 Å². The standard InChI is InChI=1S/C24H23NO3S/c1-17(15-18-13-14-21(27-2)22(16-18)28-3)24(26)25-20-11-7-8-12-23(20)29-19-9-5-4-6-10-19/h4-16H,1-3H3,(H,25,26)/b17-15+. The molecule has 0 aliphatic rings. The Balaban J connectivity index is 1.77. The van der Waals surface area contributed by atoms with Gasteiger partial charge in [0.1, 0.15) is 0 Å². The van der Waals surface area contributed by atoms with Crippen LogP contribution in [0, 0.1) is 0 Å². The molecule has 0 radical (unpaired) electrons. The first kappa shape index (κ1) is 20.6. The minimum absolute atomic E-state index is 0.152. The van der Waals surface area contributed by atoms with Crippen molar-refractivity contribution in [1.82, 2.24) is 0 Å². The Morgan fingerprint density at radius 2 is 1.59 bits per heavy atom. The average Bonchev–Trinajstić information content (AvgIpc) is 2.75. The zero-order valence-electron chi connectivity index (χ0n) is 16.6. The van der Waals surface area contributed by atoms with E-state index >= 15 is 0 Å². The molecule has 0 aliphatic carbocycles. The van der Waals surface area contributed by atoms with Gasteiger partial charge in [-0.2, -0.15) is 0 Å². The van der Waals surface area contributed by atoms with Gasteiger partial charge in [0.05, 0.1) is 19.9 Å². The molecule has 4 nitrogen and oxygen atoms in total. The number of anilines is 1. The first-order valence-electron chi connectivity index (χ1n) is 9.14. The van der Waals surface area contributed by atoms with E-state index in [-0.39, 0.29) is 5.91 Å². The van der Waals surface area contributed by atoms with E-state index in [9.17, 15) is 4.79 Å². The molecule has 0 aliphatic heterocycles. The van der Waals surface area contributed by atoms with Gasteiger partial charge in [0.2, 0.25) is 0 Å². The fourth-order valence-corrected chi connectivity index (χ4v) is 3.68. The van der Waals surface area contributed by atoms with E-state index in [0.29, 0.717) is 17.1 Å². The summed E-state index contributed by atoms with van der Waals surface area (Å²) >= 11 is 1.62. The number of carbonyl (C=O) groups excluding carboxylic acids is 1. The quantitative estimate of drug-likeness (QED) is 0.497. The van der Waals surface area contributed by atoms with Crippen LogP contribution in [-0.2, 0) is 4.79 Å². The summed E-state index contributed by atoms with van der Waals surface area (Å²) in [5, 5.41) is 3.02. The summed E-state index contributed by atoms with van der Waals surface area (Å²) in [5.41, 5.74) is 2.24. The first-order valence-corrected chi connectivity index (χ1v) is 9.96. The van der Waals surface area contributed by atoms with Crippen LogP contribution in [-0.4, -0.2) is 20.1 Å². The van der Waals surface area contributed by atoms with Gasteiger partial charge in [-0.05, 0) is 55.0 Å². The number of ether oxygens (including phenoxy) is 2. The molecule has 0 spiro atoms. The van der Waals surface area contributed by atoms with Crippen LogP contribution in [0.3, 0.4) is 0 Å². The number of carbonyl (C=O) groups is 1. The zero-order chi connectivity index (χ0) is 20.6. The fraction of sp³-hybridized carbons (Fsp3) is 0.125. The van der Waals surface area contributed by atoms with Crippen molar-refractivity contribution in [3.05, 3.63) is 83.9 Å². The topological polar surface area (TPSA) is 47.6 Å². The van der Waals surface area contributed by atoms with Crippen LogP contribution in [0.4, 0.5) is 5.69 Å². The lowest BCUT2D eigenvalue weighted by Gasteiger charge is -2.11. The molecule has 148 valence electrons. The van der Waals surface area contributed by atoms with Gasteiger partial charge in [-0.1, -0.05) is 48.2 Å². The van der Waals surface area contributed by atoms with Gasteiger partial charge in [-0.15, -0.1) is 0 Å². The van der Waals surface area contributed by atoms with Gasteiger partial charge >= 0.3 is 0 Å². The lowest BCUT2D eigenvalue weighted by molar-refractivity contribution is -0.112. The highest BCUT2D eigenvalue weighted by molar-refractivity contribution is 7.99. The lowest BCUT2D eigenvalue weighted by atomic mass is 10.1. The molecule has 5 heteroatoms. The van der Waals surface area contributed by atoms with Crippen molar-refractivity contribution >= 4 is 29.4 Å². The highest BCUT2D eigenvalue weighted by atomic mass is 32.2. The van der Waals surface area contributed by atoms with E-state index in [0.717, 1.165) is 21.0 Å². The smallest absolute Gasteiger partial charge is 0.251 e. The SMILES string of the molecule is COc1ccc(/C=C(\C)C(=O)Nc2ccccc2Sc2ccccc2)cc1OC. The predicted octanol–water partition coefficient (Wildman–Crippen LogP) is 5.90. The summed E-state index contributed by atoms with van der Waals surface area (Å²) < 4.78 is 10.6. The van der Waals surface area contributed by atoms with E-state index in [1.165, 1.54) is 0 Å². The minimum atomic E-state index is -0.152. The molecule has 0 saturated carbocycles. The van der Waals surface area contributed by atoms with Gasteiger partial charge in [-0.25, -0.2) is 0 Å². The first-order chi connectivity index (χ1) is 14.1. The Hall–Kier alpha value is -3.18. The maximum Gasteiger partial charge on any atom is 0.251 e. The van der Waals surface area contributed by atoms with Crippen molar-refractivity contribution in [2.45, 2.75) is 16.7 Å². The number of rotatable bonds is 7. The van der Waals surface area contributed by atoms with Gasteiger partial charge in [0.15, 0.2) is 11.5 Å². The Bertz CT molecular complexity index is 1020. The number of hydrogen-bond acceptors (Lipinski definition) is 4. The van der Waals surface area contributed by atoms with Crippen LogP contribution in [0.25, 0.3) is 6.08 Å². The molecule has 3 aromatic carbocycles. The summed E-state index contributed by atoms with van der Waals surface area (Å²) in [6, 6.07) is 23.4. The van der Waals surface area contributed by atoms with Crippen molar-refractivity contribution in [3.63, 3.8) is 0 Å². The summed E-state index contributed by atoms with van der Waals surface area (Å²) in [7, 11) is 3.18. The highest BCUT2D eigenvalue weighted by Gasteiger charge is 2.10. The molecule has 0 atom stereocenters. The number of benzene rings is 3. The second-order valence-electron chi connectivity index (χ2n) is 6.31. The lowest BCUT2D eigenvalue weighted by Crippen LogP contribution is -2.13. The van der Waals surface area contributed by atoms with Gasteiger partial charge in [0, 0.05) is 15.4 Å². The van der Waals surface area contributed by atoms with Crippen molar-refractivity contribution < 1.29 is 14.3 Å². The third-order valence-electron chi connectivity index (χ3n) is 4.26. The zero-order valence-corrected chi connectivity index (χ0v) is 17.5. The molecular weight excluding hydrogens is 382 g/mol. The molecule has 0 heterocycles. The second-order valence-corrected chi connectivity index (χ2v) is 7.42. The molecule has 0 saturated heterocycles. The monoisotopic (exact) mass is 405 g/mol. The Morgan fingerprint density at radius 3 is 2.31 bits per heavy atom. The maximum absolute atomic E-state index is 12.8. The summed E-state index contributed by atoms with van der Waals surface area (Å²) in [6.07, 6.45) is 1.82. The number of methoxy groups -OCH3 is 2. The van der Waals surface area contributed by atoms with E-state index in [1.807, 2.05) is 78.9 Å². The largest absolute Gasteiger partial charge is 0.493 e. The molecule has 1 N–H and O–H groups in total. The number of amides is 1. The third kappa shape index (κ3) is 5.42. The van der Waals surface area contributed by atoms with Crippen LogP contribution in [0.15, 0.2) is 88.2 Å². The average molecular weight is 406 g/mol. The van der Waals surface area contributed by atoms with Crippen molar-refractivity contribution in [2.75, 3.05) is 19.5 Å². The normalized spacial score (nSPS) is 11.1. The molecule has 3 aromatic rings. The Morgan fingerprint density at radius 1 is 0.897 bits per heavy atom. The van der Waals surface area contributed by atoms with Crippen LogP contribution in [0.5, 0.6) is 11.5 Å². The predicted molar refractivity (Wildman–Crippen MR) is 119 cm³/mol. The Kier molecular flexibility index (Phi) is 6.98. The second kappa shape index (κ2) is 9.85. The molecule has 0 unspecified atom stereocenters. The van der Waals surface area contributed by atoms with Crippen LogP contribution in [0.2, 0.25) is 0 Å². The molecule has 0 aromatic heterocycles. The van der Waals surface area contributed by atoms with Crippen LogP contribution < -0.4 is 14.8 Å². The number of nitrogens with one attached hydrogen (secondary N) is 1. The van der Waals surface area contributed by atoms with E-state index < -0.39 is 0 Å². The minimum Gasteiger partial charge on any atom is -0.493 e. The van der Waals surface area contributed by atoms with Crippen LogP contribution >= 0.6 is 11.8 Å². The van der Waals surface area contributed by atoms with Gasteiger partial charge in [-0.3, -0.25) is 4.79 Å². The molecule has 0 fully saturated rings. The summed E-state index contributed by atoms with van der Waals surface area (Å²) in [6.45, 7) is 1.79. The fourth-order valence-electron chi connectivity index (χ4n) is 2.75. The Labute approximate surface area is 175 Å². The highest BCUT2D eigenvalue weighted by Crippen LogP contribution is 2.33. The maximum atomic E-state index is 12.8. The molecule has 3 rings (SSSR count). The molecule has 1 amide bonds. The number of hydrogen-bond donors (Lipinski definition) is 1.